The van der Waals surface area contributed by atoms with E-state index in [1.54, 1.807) is 16.7 Å². The molecule has 3 aromatic carbocycles. The zero-order chi connectivity index (χ0) is 25.0. The predicted octanol–water partition coefficient (Wildman–Crippen LogP) is 5.78. The molecular weight excluding hydrogens is 452 g/mol. The maximum absolute atomic E-state index is 13.6. The second-order valence-electron chi connectivity index (χ2n) is 9.01. The lowest BCUT2D eigenvalue weighted by atomic mass is 10.0. The Morgan fingerprint density at radius 2 is 1.51 bits per heavy atom. The molecule has 3 aromatic rings. The molecule has 2 amide bonds. The average Bonchev–Trinajstić information content (AvgIpc) is 2.87. The van der Waals surface area contributed by atoms with Crippen molar-refractivity contribution in [1.29, 1.82) is 0 Å². The van der Waals surface area contributed by atoms with Crippen molar-refractivity contribution >= 4 is 23.6 Å². The molecule has 0 radical (unpaired) electrons. The molecule has 5 heteroatoms. The summed E-state index contributed by atoms with van der Waals surface area (Å²) in [4.78, 5) is 28.9. The zero-order valence-electron chi connectivity index (χ0n) is 20.9. The first kappa shape index (κ1) is 26.6. The summed E-state index contributed by atoms with van der Waals surface area (Å²) in [5.41, 5.74) is 4.46. The van der Waals surface area contributed by atoms with E-state index in [2.05, 4.69) is 30.4 Å². The number of hydrogen-bond acceptors (Lipinski definition) is 3. The molecular formula is C30H36N2O2S. The van der Waals surface area contributed by atoms with Crippen molar-refractivity contribution in [3.63, 3.8) is 0 Å². The normalized spacial score (nSPS) is 12.5. The Labute approximate surface area is 214 Å². The third-order valence-corrected chi connectivity index (χ3v) is 7.03. The van der Waals surface area contributed by atoms with Crippen LogP contribution in [0, 0.1) is 6.92 Å². The molecule has 0 saturated carbocycles. The smallest absolute Gasteiger partial charge is 0.243 e. The summed E-state index contributed by atoms with van der Waals surface area (Å²) in [6, 6.07) is 27.7. The van der Waals surface area contributed by atoms with Gasteiger partial charge in [-0.2, -0.15) is 0 Å². The number of carbonyl (C=O) groups is 2. The third-order valence-electron chi connectivity index (χ3n) is 6.04. The molecule has 0 saturated heterocycles. The van der Waals surface area contributed by atoms with Crippen molar-refractivity contribution < 1.29 is 9.59 Å². The van der Waals surface area contributed by atoms with Crippen LogP contribution in [0.3, 0.4) is 0 Å². The number of aryl methyl sites for hydroxylation is 1. The highest BCUT2D eigenvalue weighted by Gasteiger charge is 2.30. The topological polar surface area (TPSA) is 49.4 Å². The monoisotopic (exact) mass is 488 g/mol. The van der Waals surface area contributed by atoms with Crippen LogP contribution < -0.4 is 5.32 Å². The molecule has 3 rings (SSSR count). The number of benzene rings is 3. The number of hydrogen-bond donors (Lipinski definition) is 1. The van der Waals surface area contributed by atoms with Crippen LogP contribution in [0.15, 0.2) is 84.9 Å². The van der Waals surface area contributed by atoms with Crippen LogP contribution in [0.1, 0.15) is 42.5 Å². The maximum atomic E-state index is 13.6. The summed E-state index contributed by atoms with van der Waals surface area (Å²) in [5, 5.41) is 3.12. The molecule has 0 aliphatic carbocycles. The van der Waals surface area contributed by atoms with Crippen LogP contribution in [0.4, 0.5) is 0 Å². The average molecular weight is 489 g/mol. The first-order valence-corrected chi connectivity index (χ1v) is 13.4. The van der Waals surface area contributed by atoms with Gasteiger partial charge in [-0.15, -0.1) is 11.8 Å². The minimum absolute atomic E-state index is 0.0215. The van der Waals surface area contributed by atoms with E-state index in [0.717, 1.165) is 23.3 Å². The van der Waals surface area contributed by atoms with E-state index in [-0.39, 0.29) is 17.9 Å². The van der Waals surface area contributed by atoms with Gasteiger partial charge in [-0.05, 0) is 37.0 Å². The lowest BCUT2D eigenvalue weighted by Gasteiger charge is -2.32. The van der Waals surface area contributed by atoms with E-state index >= 15 is 0 Å². The highest BCUT2D eigenvalue weighted by molar-refractivity contribution is 7.99. The molecule has 0 fully saturated rings. The van der Waals surface area contributed by atoms with Crippen LogP contribution in [0.2, 0.25) is 0 Å². The fourth-order valence-corrected chi connectivity index (χ4v) is 4.77. The molecule has 35 heavy (non-hydrogen) atoms. The van der Waals surface area contributed by atoms with E-state index < -0.39 is 6.04 Å². The van der Waals surface area contributed by atoms with Gasteiger partial charge in [0, 0.05) is 24.8 Å². The van der Waals surface area contributed by atoms with Gasteiger partial charge in [0.25, 0.3) is 0 Å². The van der Waals surface area contributed by atoms with Crippen LogP contribution in [-0.2, 0) is 28.3 Å². The van der Waals surface area contributed by atoms with E-state index in [4.69, 9.17) is 0 Å². The Hall–Kier alpha value is -3.05. The SMILES string of the molecule is CC[C@H](C)NC(=O)[C@@H](Cc1ccccc1)N(Cc1ccccc1)C(=O)CSCc1cccc(C)c1. The molecule has 184 valence electrons. The van der Waals surface area contributed by atoms with Gasteiger partial charge in [-0.1, -0.05) is 97.4 Å². The van der Waals surface area contributed by atoms with Gasteiger partial charge in [0.05, 0.1) is 5.75 Å². The zero-order valence-corrected chi connectivity index (χ0v) is 21.8. The minimum atomic E-state index is -0.585. The van der Waals surface area contributed by atoms with Crippen molar-refractivity contribution in [3.8, 4) is 0 Å². The summed E-state index contributed by atoms with van der Waals surface area (Å²) < 4.78 is 0. The molecule has 0 spiro atoms. The van der Waals surface area contributed by atoms with Gasteiger partial charge in [0.1, 0.15) is 6.04 Å². The van der Waals surface area contributed by atoms with Crippen molar-refractivity contribution in [1.82, 2.24) is 10.2 Å². The molecule has 1 N–H and O–H groups in total. The number of rotatable bonds is 12. The highest BCUT2D eigenvalue weighted by atomic mass is 32.2. The lowest BCUT2D eigenvalue weighted by molar-refractivity contribution is -0.139. The van der Waals surface area contributed by atoms with E-state index in [0.29, 0.717) is 18.7 Å². The van der Waals surface area contributed by atoms with Gasteiger partial charge in [0.15, 0.2) is 0 Å². The third kappa shape index (κ3) is 8.59. The van der Waals surface area contributed by atoms with Gasteiger partial charge in [-0.25, -0.2) is 0 Å². The minimum Gasteiger partial charge on any atom is -0.352 e. The van der Waals surface area contributed by atoms with Crippen LogP contribution >= 0.6 is 11.8 Å². The van der Waals surface area contributed by atoms with Crippen LogP contribution in [0.25, 0.3) is 0 Å². The van der Waals surface area contributed by atoms with Gasteiger partial charge < -0.3 is 10.2 Å². The molecule has 0 heterocycles. The highest BCUT2D eigenvalue weighted by Crippen LogP contribution is 2.19. The summed E-state index contributed by atoms with van der Waals surface area (Å²) in [6.45, 7) is 6.52. The van der Waals surface area contributed by atoms with Gasteiger partial charge in [-0.3, -0.25) is 9.59 Å². The summed E-state index contributed by atoms with van der Waals surface area (Å²) in [5.74, 6) is 0.959. The first-order valence-electron chi connectivity index (χ1n) is 12.3. The van der Waals surface area contributed by atoms with Crippen LogP contribution in [-0.4, -0.2) is 34.6 Å². The molecule has 0 aromatic heterocycles. The van der Waals surface area contributed by atoms with E-state index in [1.807, 2.05) is 80.6 Å². The number of nitrogens with zero attached hydrogens (tertiary/aromatic N) is 1. The summed E-state index contributed by atoms with van der Waals surface area (Å²) in [7, 11) is 0. The van der Waals surface area contributed by atoms with E-state index in [1.165, 1.54) is 11.1 Å². The Balaban J connectivity index is 1.83. The molecule has 0 aliphatic rings. The number of nitrogens with one attached hydrogen (secondary N) is 1. The van der Waals surface area contributed by atoms with Crippen molar-refractivity contribution in [2.45, 2.75) is 58.0 Å². The fraction of sp³-hybridized carbons (Fsp3) is 0.333. The molecule has 2 atom stereocenters. The maximum Gasteiger partial charge on any atom is 0.243 e. The number of thioether (sulfide) groups is 1. The van der Waals surface area contributed by atoms with Crippen molar-refractivity contribution in [3.05, 3.63) is 107 Å². The van der Waals surface area contributed by atoms with Crippen LogP contribution in [0.5, 0.6) is 0 Å². The number of amides is 2. The Bertz CT molecular complexity index is 1070. The summed E-state index contributed by atoms with van der Waals surface area (Å²) >= 11 is 1.59. The van der Waals surface area contributed by atoms with Gasteiger partial charge >= 0.3 is 0 Å². The second kappa shape index (κ2) is 13.7. The molecule has 0 bridgehead atoms. The number of carbonyl (C=O) groups excluding carboxylic acids is 2. The first-order chi connectivity index (χ1) is 17.0. The predicted molar refractivity (Wildman–Crippen MR) is 146 cm³/mol. The Kier molecular flexibility index (Phi) is 10.4. The van der Waals surface area contributed by atoms with E-state index in [9.17, 15) is 9.59 Å². The lowest BCUT2D eigenvalue weighted by Crippen LogP contribution is -2.52. The molecule has 0 unspecified atom stereocenters. The Morgan fingerprint density at radius 1 is 0.886 bits per heavy atom. The largest absolute Gasteiger partial charge is 0.352 e. The summed E-state index contributed by atoms with van der Waals surface area (Å²) in [6.07, 6.45) is 1.31. The van der Waals surface area contributed by atoms with Crippen molar-refractivity contribution in [2.75, 3.05) is 5.75 Å². The Morgan fingerprint density at radius 3 is 2.14 bits per heavy atom. The standard InChI is InChI=1S/C30H36N2O2S/c1-4-24(3)31-30(34)28(19-25-13-7-5-8-14-25)32(20-26-15-9-6-10-16-26)29(33)22-35-21-27-17-11-12-23(2)18-27/h5-18,24,28H,4,19-22H2,1-3H3,(H,31,34)/t24-,28+/m0/s1. The van der Waals surface area contributed by atoms with Gasteiger partial charge in [0.2, 0.25) is 11.8 Å². The fourth-order valence-electron chi connectivity index (χ4n) is 3.92. The molecule has 4 nitrogen and oxygen atoms in total. The second-order valence-corrected chi connectivity index (χ2v) is 10.00. The molecule has 0 aliphatic heterocycles. The quantitative estimate of drug-likeness (QED) is 0.351. The van der Waals surface area contributed by atoms with Crippen molar-refractivity contribution in [2.24, 2.45) is 0 Å².